The number of rotatable bonds is 2. The van der Waals surface area contributed by atoms with Gasteiger partial charge in [0, 0.05) is 30.4 Å². The summed E-state index contributed by atoms with van der Waals surface area (Å²) < 4.78 is 6.45. The minimum Gasteiger partial charge on any atom is -0.463 e. The van der Waals surface area contributed by atoms with Gasteiger partial charge in [-0.1, -0.05) is 12.1 Å². The summed E-state index contributed by atoms with van der Waals surface area (Å²) in [5, 5.41) is 20.5. The van der Waals surface area contributed by atoms with Crippen molar-refractivity contribution in [2.24, 2.45) is 0 Å². The second-order valence-electron chi connectivity index (χ2n) is 7.30. The summed E-state index contributed by atoms with van der Waals surface area (Å²) in [5.41, 5.74) is 2.63. The van der Waals surface area contributed by atoms with Gasteiger partial charge in [-0.2, -0.15) is 0 Å². The van der Waals surface area contributed by atoms with Crippen LogP contribution in [0.2, 0.25) is 0 Å². The summed E-state index contributed by atoms with van der Waals surface area (Å²) in [7, 11) is 1.97. The van der Waals surface area contributed by atoms with E-state index in [1.54, 1.807) is 6.07 Å². The molecule has 1 spiro atoms. The Morgan fingerprint density at radius 2 is 2.00 bits per heavy atom. The van der Waals surface area contributed by atoms with Crippen molar-refractivity contribution in [3.63, 3.8) is 0 Å². The van der Waals surface area contributed by atoms with Crippen LogP contribution in [0, 0.1) is 10.1 Å². The van der Waals surface area contributed by atoms with Crippen molar-refractivity contribution >= 4 is 17.5 Å². The number of nitro groups is 1. The van der Waals surface area contributed by atoms with Crippen LogP contribution in [0.25, 0.3) is 6.08 Å². The van der Waals surface area contributed by atoms with E-state index < -0.39 is 10.6 Å². The normalized spacial score (nSPS) is 22.1. The summed E-state index contributed by atoms with van der Waals surface area (Å²) >= 11 is 0. The molecule has 2 aliphatic heterocycles. The predicted octanol–water partition coefficient (Wildman–Crippen LogP) is 3.62. The highest BCUT2D eigenvalue weighted by Crippen LogP contribution is 2.54. The number of aliphatic hydroxyl groups excluding tert-OH is 1. The van der Waals surface area contributed by atoms with Gasteiger partial charge in [0.1, 0.15) is 5.75 Å². The average molecular weight is 352 g/mol. The number of hydrogen-bond donors (Lipinski definition) is 1. The van der Waals surface area contributed by atoms with Gasteiger partial charge in [-0.15, -0.1) is 0 Å². The molecular formula is C20H20N2O4. The zero-order valence-corrected chi connectivity index (χ0v) is 14.9. The first-order chi connectivity index (χ1) is 12.3. The molecule has 0 saturated heterocycles. The Morgan fingerprint density at radius 3 is 2.69 bits per heavy atom. The third-order valence-electron chi connectivity index (χ3n) is 5.63. The highest BCUT2D eigenvalue weighted by molar-refractivity contribution is 5.73. The number of nitro benzene ring substituents is 1. The molecule has 134 valence electrons. The summed E-state index contributed by atoms with van der Waals surface area (Å²) in [6.45, 7) is 4.22. The molecule has 1 atom stereocenters. The molecule has 0 bridgehead atoms. The molecule has 6 heteroatoms. The Bertz CT molecular complexity index is 951. The summed E-state index contributed by atoms with van der Waals surface area (Å²) in [4.78, 5) is 12.7. The molecule has 2 heterocycles. The standard InChI is InChI=1S/C20H20N2O4/c1-19(2)16-6-4-13(12-23)10-17(16)21(3)20(19)9-8-14-11-15(22(24)25)5-7-18(14)26-20/h4-11,23H,12H2,1-3H3. The van der Waals surface area contributed by atoms with E-state index >= 15 is 0 Å². The maximum atomic E-state index is 11.0. The first-order valence-electron chi connectivity index (χ1n) is 8.45. The van der Waals surface area contributed by atoms with Gasteiger partial charge in [0.15, 0.2) is 0 Å². The molecular weight excluding hydrogens is 332 g/mol. The summed E-state index contributed by atoms with van der Waals surface area (Å²) in [6.07, 6.45) is 3.86. The van der Waals surface area contributed by atoms with Crippen molar-refractivity contribution in [1.82, 2.24) is 0 Å². The number of anilines is 1. The van der Waals surface area contributed by atoms with E-state index in [4.69, 9.17) is 4.74 Å². The molecule has 0 fully saturated rings. The van der Waals surface area contributed by atoms with Crippen molar-refractivity contribution in [3.05, 3.63) is 69.3 Å². The van der Waals surface area contributed by atoms with Crippen LogP contribution >= 0.6 is 0 Å². The number of ether oxygens (including phenoxy) is 1. The number of hydrogen-bond acceptors (Lipinski definition) is 5. The average Bonchev–Trinajstić information content (AvgIpc) is 2.79. The van der Waals surface area contributed by atoms with Crippen LogP contribution in [-0.4, -0.2) is 22.8 Å². The summed E-state index contributed by atoms with van der Waals surface area (Å²) in [6, 6.07) is 10.6. The fraction of sp³-hybridized carbons (Fsp3) is 0.300. The van der Waals surface area contributed by atoms with Crippen LogP contribution in [0.5, 0.6) is 5.75 Å². The van der Waals surface area contributed by atoms with Gasteiger partial charge in [-0.25, -0.2) is 0 Å². The maximum Gasteiger partial charge on any atom is 0.270 e. The van der Waals surface area contributed by atoms with Crippen LogP contribution in [0.15, 0.2) is 42.5 Å². The Hall–Kier alpha value is -2.86. The zero-order chi connectivity index (χ0) is 18.7. The number of fused-ring (bicyclic) bond motifs is 2. The zero-order valence-electron chi connectivity index (χ0n) is 14.9. The molecule has 2 aliphatic rings. The molecule has 0 amide bonds. The number of aliphatic hydroxyl groups is 1. The Morgan fingerprint density at radius 1 is 1.23 bits per heavy atom. The lowest BCUT2D eigenvalue weighted by Gasteiger charge is -2.45. The lowest BCUT2D eigenvalue weighted by Crippen LogP contribution is -2.58. The molecule has 6 nitrogen and oxygen atoms in total. The second-order valence-corrected chi connectivity index (χ2v) is 7.30. The van der Waals surface area contributed by atoms with Crippen molar-refractivity contribution in [1.29, 1.82) is 0 Å². The molecule has 0 saturated carbocycles. The minimum atomic E-state index is -0.744. The van der Waals surface area contributed by atoms with Gasteiger partial charge < -0.3 is 14.7 Å². The second kappa shape index (κ2) is 5.32. The molecule has 0 aliphatic carbocycles. The smallest absolute Gasteiger partial charge is 0.270 e. The molecule has 0 aromatic heterocycles. The van der Waals surface area contributed by atoms with Gasteiger partial charge >= 0.3 is 0 Å². The first-order valence-corrected chi connectivity index (χ1v) is 8.45. The number of likely N-dealkylation sites (N-methyl/N-ethyl adjacent to an activating group) is 1. The van der Waals surface area contributed by atoms with Crippen LogP contribution in [-0.2, 0) is 12.0 Å². The number of nitrogens with zero attached hydrogens (tertiary/aromatic N) is 2. The van der Waals surface area contributed by atoms with E-state index in [2.05, 4.69) is 18.7 Å². The van der Waals surface area contributed by atoms with E-state index in [0.29, 0.717) is 11.3 Å². The van der Waals surface area contributed by atoms with E-state index in [1.807, 2.05) is 37.4 Å². The SMILES string of the molecule is CN1c2cc(CO)ccc2C(C)(C)C12C=Cc1cc([N+](=O)[O-])ccc1O2. The van der Waals surface area contributed by atoms with Gasteiger partial charge in [0.05, 0.1) is 16.9 Å². The van der Waals surface area contributed by atoms with E-state index in [0.717, 1.165) is 16.8 Å². The van der Waals surface area contributed by atoms with Crippen molar-refractivity contribution in [2.45, 2.75) is 31.6 Å². The minimum absolute atomic E-state index is 0.0161. The fourth-order valence-electron chi connectivity index (χ4n) is 4.07. The summed E-state index contributed by atoms with van der Waals surface area (Å²) in [5.74, 6) is 0.619. The van der Waals surface area contributed by atoms with Crippen LogP contribution in [0.3, 0.4) is 0 Å². The predicted molar refractivity (Wildman–Crippen MR) is 99.3 cm³/mol. The lowest BCUT2D eigenvalue weighted by atomic mass is 9.76. The molecule has 1 unspecified atom stereocenters. The Kier molecular flexibility index (Phi) is 3.39. The molecule has 2 aromatic carbocycles. The highest BCUT2D eigenvalue weighted by atomic mass is 16.6. The molecule has 2 aromatic rings. The van der Waals surface area contributed by atoms with Crippen molar-refractivity contribution < 1.29 is 14.8 Å². The van der Waals surface area contributed by atoms with E-state index in [-0.39, 0.29) is 17.7 Å². The third kappa shape index (κ3) is 2.02. The monoisotopic (exact) mass is 352 g/mol. The van der Waals surface area contributed by atoms with Crippen LogP contribution in [0.1, 0.15) is 30.5 Å². The highest BCUT2D eigenvalue weighted by Gasteiger charge is 2.57. The Labute approximate surface area is 151 Å². The lowest BCUT2D eigenvalue weighted by molar-refractivity contribution is -0.384. The molecule has 26 heavy (non-hydrogen) atoms. The van der Waals surface area contributed by atoms with Crippen molar-refractivity contribution in [3.8, 4) is 5.75 Å². The molecule has 0 radical (unpaired) electrons. The van der Waals surface area contributed by atoms with Crippen LogP contribution in [0.4, 0.5) is 11.4 Å². The fourth-order valence-corrected chi connectivity index (χ4v) is 4.07. The molecule has 4 rings (SSSR count). The van der Waals surface area contributed by atoms with Gasteiger partial charge in [-0.3, -0.25) is 10.1 Å². The van der Waals surface area contributed by atoms with E-state index in [9.17, 15) is 15.2 Å². The van der Waals surface area contributed by atoms with Gasteiger partial charge in [-0.05, 0) is 49.3 Å². The quantitative estimate of drug-likeness (QED) is 0.660. The topological polar surface area (TPSA) is 75.8 Å². The van der Waals surface area contributed by atoms with Crippen LogP contribution < -0.4 is 9.64 Å². The maximum absolute atomic E-state index is 11.0. The molecule has 1 N–H and O–H groups in total. The van der Waals surface area contributed by atoms with Gasteiger partial charge in [0.25, 0.3) is 5.69 Å². The number of non-ortho nitro benzene ring substituents is 1. The third-order valence-corrected chi connectivity index (χ3v) is 5.63. The Balaban J connectivity index is 1.83. The van der Waals surface area contributed by atoms with Crippen molar-refractivity contribution in [2.75, 3.05) is 11.9 Å². The van der Waals surface area contributed by atoms with E-state index in [1.165, 1.54) is 12.1 Å². The largest absolute Gasteiger partial charge is 0.463 e. The first kappa shape index (κ1) is 16.6. The number of benzene rings is 2. The van der Waals surface area contributed by atoms with Gasteiger partial charge in [0.2, 0.25) is 5.72 Å².